The summed E-state index contributed by atoms with van der Waals surface area (Å²) in [5.41, 5.74) is 1.02. The number of aromatic carboxylic acids is 1. The predicted molar refractivity (Wildman–Crippen MR) is 42.5 cm³/mol. The molecule has 0 aromatic carbocycles. The third kappa shape index (κ3) is 1.23. The van der Waals surface area contributed by atoms with Crippen molar-refractivity contribution in [2.75, 3.05) is 0 Å². The summed E-state index contributed by atoms with van der Waals surface area (Å²) in [5.74, 6) is -1.17. The maximum Gasteiger partial charge on any atom is 0.352 e. The highest BCUT2D eigenvalue weighted by Gasteiger charge is 2.14. The lowest BCUT2D eigenvalue weighted by Crippen LogP contribution is -2.00. The van der Waals surface area contributed by atoms with E-state index >= 15 is 0 Å². The summed E-state index contributed by atoms with van der Waals surface area (Å²) in [6.07, 6.45) is 1.42. The van der Waals surface area contributed by atoms with Gasteiger partial charge in [-0.3, -0.25) is 4.79 Å². The van der Waals surface area contributed by atoms with Crippen molar-refractivity contribution in [3.05, 3.63) is 23.0 Å². The quantitative estimate of drug-likeness (QED) is 0.650. The van der Waals surface area contributed by atoms with Gasteiger partial charge in [-0.15, -0.1) is 0 Å². The number of H-pyrrole nitrogens is 1. The van der Waals surface area contributed by atoms with E-state index in [2.05, 4.69) is 4.98 Å². The highest BCUT2D eigenvalue weighted by molar-refractivity contribution is 5.99. The Labute approximate surface area is 69.2 Å². The first-order valence-corrected chi connectivity index (χ1v) is 3.46. The molecule has 1 heterocycles. The second-order valence-corrected chi connectivity index (χ2v) is 2.56. The van der Waals surface area contributed by atoms with E-state index in [1.165, 1.54) is 13.1 Å². The van der Waals surface area contributed by atoms with Crippen LogP contribution >= 0.6 is 0 Å². The van der Waals surface area contributed by atoms with Gasteiger partial charge < -0.3 is 10.1 Å². The topological polar surface area (TPSA) is 70.2 Å². The van der Waals surface area contributed by atoms with Gasteiger partial charge in [0.25, 0.3) is 0 Å². The van der Waals surface area contributed by atoms with Crippen LogP contribution in [-0.4, -0.2) is 21.8 Å². The van der Waals surface area contributed by atoms with Crippen LogP contribution in [0.2, 0.25) is 0 Å². The van der Waals surface area contributed by atoms with Gasteiger partial charge in [0.15, 0.2) is 5.78 Å². The Morgan fingerprint density at radius 1 is 1.50 bits per heavy atom. The van der Waals surface area contributed by atoms with E-state index in [4.69, 9.17) is 5.11 Å². The van der Waals surface area contributed by atoms with Gasteiger partial charge >= 0.3 is 5.97 Å². The molecule has 0 aliphatic heterocycles. The van der Waals surface area contributed by atoms with Crippen molar-refractivity contribution >= 4 is 11.8 Å². The van der Waals surface area contributed by atoms with Gasteiger partial charge in [0.05, 0.1) is 0 Å². The summed E-state index contributed by atoms with van der Waals surface area (Å²) >= 11 is 0. The van der Waals surface area contributed by atoms with E-state index in [-0.39, 0.29) is 11.5 Å². The van der Waals surface area contributed by atoms with Gasteiger partial charge in [-0.1, -0.05) is 0 Å². The molecule has 0 saturated carbocycles. The van der Waals surface area contributed by atoms with Gasteiger partial charge in [-0.2, -0.15) is 0 Å². The van der Waals surface area contributed by atoms with Gasteiger partial charge in [-0.25, -0.2) is 4.79 Å². The van der Waals surface area contributed by atoms with Gasteiger partial charge in [-0.05, 0) is 19.4 Å². The molecule has 12 heavy (non-hydrogen) atoms. The number of carbonyl (C=O) groups is 2. The van der Waals surface area contributed by atoms with Crippen molar-refractivity contribution in [1.82, 2.24) is 4.98 Å². The van der Waals surface area contributed by atoms with E-state index in [0.29, 0.717) is 11.1 Å². The Hall–Kier alpha value is -1.58. The Morgan fingerprint density at radius 2 is 2.08 bits per heavy atom. The van der Waals surface area contributed by atoms with Gasteiger partial charge in [0.1, 0.15) is 5.69 Å². The molecule has 0 atom stereocenters. The Kier molecular flexibility index (Phi) is 1.99. The van der Waals surface area contributed by atoms with Crippen LogP contribution in [0.15, 0.2) is 6.20 Å². The molecule has 1 aromatic heterocycles. The van der Waals surface area contributed by atoms with E-state index in [1.54, 1.807) is 6.92 Å². The zero-order chi connectivity index (χ0) is 9.30. The molecule has 1 rings (SSSR count). The fraction of sp³-hybridized carbons (Fsp3) is 0.250. The Balaban J connectivity index is 3.22. The fourth-order valence-electron chi connectivity index (χ4n) is 1.08. The number of rotatable bonds is 2. The van der Waals surface area contributed by atoms with Crippen LogP contribution in [0.3, 0.4) is 0 Å². The molecule has 4 heteroatoms. The minimum absolute atomic E-state index is 0.0835. The summed E-state index contributed by atoms with van der Waals surface area (Å²) in [6, 6.07) is 0. The van der Waals surface area contributed by atoms with Crippen LogP contribution in [-0.2, 0) is 0 Å². The SMILES string of the molecule is CC(=O)c1c[nH]c(C(=O)O)c1C. The van der Waals surface area contributed by atoms with Crippen molar-refractivity contribution in [3.8, 4) is 0 Å². The molecule has 1 aromatic rings. The minimum Gasteiger partial charge on any atom is -0.477 e. The van der Waals surface area contributed by atoms with Crippen LogP contribution in [0.5, 0.6) is 0 Å². The standard InChI is InChI=1S/C8H9NO3/c1-4-6(5(2)10)3-9-7(4)8(11)12/h3,9H,1-2H3,(H,11,12). The third-order valence-electron chi connectivity index (χ3n) is 1.73. The van der Waals surface area contributed by atoms with Crippen LogP contribution in [0.1, 0.15) is 33.3 Å². The monoisotopic (exact) mass is 167 g/mol. The highest BCUT2D eigenvalue weighted by atomic mass is 16.4. The number of hydrogen-bond acceptors (Lipinski definition) is 2. The molecule has 0 aliphatic carbocycles. The van der Waals surface area contributed by atoms with E-state index in [1.807, 2.05) is 0 Å². The van der Waals surface area contributed by atoms with E-state index < -0.39 is 5.97 Å². The number of carboxylic acids is 1. The van der Waals surface area contributed by atoms with E-state index in [9.17, 15) is 9.59 Å². The molecule has 0 amide bonds. The predicted octanol–water partition coefficient (Wildman–Crippen LogP) is 1.22. The summed E-state index contributed by atoms with van der Waals surface area (Å²) in [5, 5.41) is 8.62. The van der Waals surface area contributed by atoms with Crippen LogP contribution < -0.4 is 0 Å². The van der Waals surface area contributed by atoms with Crippen LogP contribution in [0, 0.1) is 6.92 Å². The lowest BCUT2D eigenvalue weighted by molar-refractivity contribution is 0.0690. The summed E-state index contributed by atoms with van der Waals surface area (Å²) in [4.78, 5) is 23.9. The number of aromatic amines is 1. The molecular formula is C8H9NO3. The number of nitrogens with one attached hydrogen (secondary N) is 1. The first kappa shape index (κ1) is 8.52. The maximum absolute atomic E-state index is 10.9. The first-order chi connectivity index (χ1) is 5.54. The van der Waals surface area contributed by atoms with Crippen molar-refractivity contribution in [2.24, 2.45) is 0 Å². The van der Waals surface area contributed by atoms with E-state index in [0.717, 1.165) is 0 Å². The van der Waals surface area contributed by atoms with Gasteiger partial charge in [0.2, 0.25) is 0 Å². The van der Waals surface area contributed by atoms with Crippen molar-refractivity contribution in [3.63, 3.8) is 0 Å². The number of aromatic nitrogens is 1. The molecule has 0 aliphatic rings. The number of hydrogen-bond donors (Lipinski definition) is 2. The van der Waals surface area contributed by atoms with Gasteiger partial charge in [0, 0.05) is 11.8 Å². The maximum atomic E-state index is 10.9. The zero-order valence-electron chi connectivity index (χ0n) is 6.84. The Bertz CT molecular complexity index is 307. The molecule has 0 fully saturated rings. The molecule has 0 radical (unpaired) electrons. The summed E-state index contributed by atoms with van der Waals surface area (Å²) in [6.45, 7) is 3.01. The minimum atomic E-state index is -1.04. The average Bonchev–Trinajstić information content (AvgIpc) is 2.30. The lowest BCUT2D eigenvalue weighted by atomic mass is 10.1. The average molecular weight is 167 g/mol. The molecule has 0 saturated heterocycles. The molecular weight excluding hydrogens is 158 g/mol. The summed E-state index contributed by atoms with van der Waals surface area (Å²) < 4.78 is 0. The van der Waals surface area contributed by atoms with Crippen molar-refractivity contribution < 1.29 is 14.7 Å². The van der Waals surface area contributed by atoms with Crippen molar-refractivity contribution in [2.45, 2.75) is 13.8 Å². The highest BCUT2D eigenvalue weighted by Crippen LogP contribution is 2.12. The normalized spacial score (nSPS) is 9.83. The number of carboxylic acid groups (broad SMARTS) is 1. The lowest BCUT2D eigenvalue weighted by Gasteiger charge is -1.92. The number of Topliss-reactive ketones (excluding diaryl/α,β-unsaturated/α-hetero) is 1. The van der Waals surface area contributed by atoms with Crippen molar-refractivity contribution in [1.29, 1.82) is 0 Å². The smallest absolute Gasteiger partial charge is 0.352 e. The Morgan fingerprint density at radius 3 is 2.33 bits per heavy atom. The molecule has 0 spiro atoms. The zero-order valence-corrected chi connectivity index (χ0v) is 6.84. The molecule has 2 N–H and O–H groups in total. The molecule has 0 unspecified atom stereocenters. The number of ketones is 1. The molecule has 64 valence electrons. The molecule has 4 nitrogen and oxygen atoms in total. The fourth-order valence-corrected chi connectivity index (χ4v) is 1.08. The first-order valence-electron chi connectivity index (χ1n) is 3.46. The largest absolute Gasteiger partial charge is 0.477 e. The second-order valence-electron chi connectivity index (χ2n) is 2.56. The third-order valence-corrected chi connectivity index (χ3v) is 1.73. The molecule has 0 bridgehead atoms. The number of carbonyl (C=O) groups excluding carboxylic acids is 1. The van der Waals surface area contributed by atoms with Crippen LogP contribution in [0.4, 0.5) is 0 Å². The second kappa shape index (κ2) is 2.81. The summed E-state index contributed by atoms with van der Waals surface area (Å²) in [7, 11) is 0. The van der Waals surface area contributed by atoms with Crippen LogP contribution in [0.25, 0.3) is 0 Å².